The van der Waals surface area contributed by atoms with Crippen molar-refractivity contribution in [1.82, 2.24) is 4.90 Å². The molecule has 4 rings (SSSR count). The van der Waals surface area contributed by atoms with E-state index in [2.05, 4.69) is 30.0 Å². The van der Waals surface area contributed by atoms with Crippen molar-refractivity contribution in [2.75, 3.05) is 27.2 Å². The summed E-state index contributed by atoms with van der Waals surface area (Å²) in [5.74, 6) is -0.111. The topological polar surface area (TPSA) is 55.0 Å². The Hall–Kier alpha value is -2.15. The first-order chi connectivity index (χ1) is 13.9. The van der Waals surface area contributed by atoms with Crippen molar-refractivity contribution in [1.29, 1.82) is 0 Å². The molecule has 3 aromatic rings. The molecule has 2 heterocycles. The Morgan fingerprint density at radius 1 is 1.17 bits per heavy atom. The third kappa shape index (κ3) is 3.72. The number of quaternary nitrogens is 1. The summed E-state index contributed by atoms with van der Waals surface area (Å²) >= 11 is 9.60. The number of halogens is 2. The first-order valence-electron chi connectivity index (χ1n) is 9.48. The molecule has 1 atom stereocenters. The van der Waals surface area contributed by atoms with Gasteiger partial charge in [-0.15, -0.1) is 0 Å². The van der Waals surface area contributed by atoms with E-state index >= 15 is 0 Å². The maximum Gasteiger partial charge on any atom is 0.290 e. The second-order valence-corrected chi connectivity index (χ2v) is 8.93. The van der Waals surface area contributed by atoms with Gasteiger partial charge in [0.2, 0.25) is 5.76 Å². The number of nitrogens with one attached hydrogen (secondary N) is 1. The van der Waals surface area contributed by atoms with E-state index in [1.54, 1.807) is 23.1 Å². The van der Waals surface area contributed by atoms with Crippen molar-refractivity contribution < 1.29 is 14.1 Å². The van der Waals surface area contributed by atoms with E-state index < -0.39 is 6.04 Å². The third-order valence-corrected chi connectivity index (χ3v) is 5.90. The lowest BCUT2D eigenvalue weighted by Gasteiger charge is -2.25. The fourth-order valence-electron chi connectivity index (χ4n) is 3.85. The van der Waals surface area contributed by atoms with Gasteiger partial charge in [-0.25, -0.2) is 0 Å². The van der Waals surface area contributed by atoms with E-state index in [-0.39, 0.29) is 17.1 Å². The van der Waals surface area contributed by atoms with Crippen molar-refractivity contribution in [3.63, 3.8) is 0 Å². The van der Waals surface area contributed by atoms with E-state index in [1.807, 2.05) is 24.3 Å². The van der Waals surface area contributed by atoms with Gasteiger partial charge in [-0.05, 0) is 35.9 Å². The molecule has 1 aromatic heterocycles. The predicted octanol–water partition coefficient (Wildman–Crippen LogP) is 3.29. The van der Waals surface area contributed by atoms with Crippen LogP contribution in [0.25, 0.3) is 11.0 Å². The van der Waals surface area contributed by atoms with Gasteiger partial charge in [0.05, 0.1) is 37.6 Å². The Bertz CT molecular complexity index is 1160. The largest absolute Gasteiger partial charge is 0.450 e. The van der Waals surface area contributed by atoms with Crippen molar-refractivity contribution in [2.45, 2.75) is 12.5 Å². The standard InChI is InChI=1S/C22H20BrClN2O3/c1-25(2)9-4-10-26-19(13-5-3-6-14(23)11-13)18-20(27)16-12-15(24)7-8-17(16)29-21(18)22(26)28/h3,5-8,11-12,19H,4,9-10H2,1-2H3/p+1/t19-/m1/s1. The van der Waals surface area contributed by atoms with Crippen LogP contribution in [-0.4, -0.2) is 38.0 Å². The lowest BCUT2D eigenvalue weighted by Crippen LogP contribution is -3.05. The van der Waals surface area contributed by atoms with E-state index in [4.69, 9.17) is 16.0 Å². The smallest absolute Gasteiger partial charge is 0.290 e. The fraction of sp³-hybridized carbons (Fsp3) is 0.273. The molecule has 1 aliphatic heterocycles. The zero-order valence-corrected chi connectivity index (χ0v) is 18.5. The highest BCUT2D eigenvalue weighted by Gasteiger charge is 2.42. The molecule has 1 N–H and O–H groups in total. The monoisotopic (exact) mass is 475 g/mol. The molecule has 150 valence electrons. The molecule has 0 spiro atoms. The molecule has 0 radical (unpaired) electrons. The maximum absolute atomic E-state index is 13.4. The zero-order valence-electron chi connectivity index (χ0n) is 16.2. The average Bonchev–Trinajstić information content (AvgIpc) is 2.95. The predicted molar refractivity (Wildman–Crippen MR) is 117 cm³/mol. The number of carbonyl (C=O) groups is 1. The summed E-state index contributed by atoms with van der Waals surface area (Å²) in [7, 11) is 4.15. The third-order valence-electron chi connectivity index (χ3n) is 5.17. The molecule has 0 aliphatic carbocycles. The van der Waals surface area contributed by atoms with Gasteiger partial charge < -0.3 is 14.2 Å². The molecule has 0 saturated carbocycles. The van der Waals surface area contributed by atoms with Gasteiger partial charge >= 0.3 is 0 Å². The van der Waals surface area contributed by atoms with E-state index in [1.165, 1.54) is 4.90 Å². The number of carbonyl (C=O) groups excluding carboxylic acids is 1. The van der Waals surface area contributed by atoms with Crippen LogP contribution in [0.4, 0.5) is 0 Å². The van der Waals surface area contributed by atoms with Crippen LogP contribution in [0, 0.1) is 0 Å². The number of fused-ring (bicyclic) bond motifs is 2. The minimum absolute atomic E-state index is 0.131. The van der Waals surface area contributed by atoms with Crippen molar-refractivity contribution >= 4 is 44.4 Å². The second-order valence-electron chi connectivity index (χ2n) is 7.58. The lowest BCUT2D eigenvalue weighted by molar-refractivity contribution is -0.858. The van der Waals surface area contributed by atoms with E-state index in [0.29, 0.717) is 28.1 Å². The van der Waals surface area contributed by atoms with Gasteiger partial charge in [0.1, 0.15) is 5.58 Å². The van der Waals surface area contributed by atoms with Crippen LogP contribution in [-0.2, 0) is 0 Å². The molecular formula is C22H21BrClN2O3+. The Labute approximate surface area is 182 Å². The number of hydrogen-bond donors (Lipinski definition) is 1. The van der Waals surface area contributed by atoms with Gasteiger partial charge in [-0.1, -0.05) is 39.7 Å². The Balaban J connectivity index is 1.89. The van der Waals surface area contributed by atoms with Crippen LogP contribution in [0.5, 0.6) is 0 Å². The summed E-state index contributed by atoms with van der Waals surface area (Å²) in [4.78, 5) is 29.7. The highest BCUT2D eigenvalue weighted by molar-refractivity contribution is 9.10. The molecule has 5 nitrogen and oxygen atoms in total. The van der Waals surface area contributed by atoms with Gasteiger partial charge in [0, 0.05) is 22.5 Å². The molecule has 0 bridgehead atoms. The van der Waals surface area contributed by atoms with Crippen molar-refractivity contribution in [3.05, 3.63) is 79.1 Å². The SMILES string of the molecule is C[NH+](C)CCCN1C(=O)c2oc3ccc(Cl)cc3c(=O)c2[C@H]1c1cccc(Br)c1. The molecule has 7 heteroatoms. The highest BCUT2D eigenvalue weighted by atomic mass is 79.9. The summed E-state index contributed by atoms with van der Waals surface area (Å²) in [6.45, 7) is 1.46. The fourth-order valence-corrected chi connectivity index (χ4v) is 4.44. The van der Waals surface area contributed by atoms with Crippen LogP contribution < -0.4 is 10.3 Å². The molecule has 0 unspecified atom stereocenters. The molecule has 2 aromatic carbocycles. The first kappa shape index (κ1) is 20.1. The number of rotatable bonds is 5. The van der Waals surface area contributed by atoms with Gasteiger partial charge in [-0.2, -0.15) is 0 Å². The molecule has 0 saturated heterocycles. The number of nitrogens with zero attached hydrogens (tertiary/aromatic N) is 1. The Morgan fingerprint density at radius 3 is 2.69 bits per heavy atom. The average molecular weight is 477 g/mol. The summed E-state index contributed by atoms with van der Waals surface area (Å²) in [5, 5.41) is 0.850. The van der Waals surface area contributed by atoms with Crippen LogP contribution in [0.3, 0.4) is 0 Å². The molecule has 0 fully saturated rings. The first-order valence-corrected chi connectivity index (χ1v) is 10.7. The molecule has 1 amide bonds. The minimum atomic E-state index is -0.480. The second kappa shape index (κ2) is 7.94. The normalized spacial score (nSPS) is 16.1. The van der Waals surface area contributed by atoms with E-state index in [9.17, 15) is 9.59 Å². The molecule has 29 heavy (non-hydrogen) atoms. The quantitative estimate of drug-likeness (QED) is 0.615. The number of benzene rings is 2. The van der Waals surface area contributed by atoms with Crippen molar-refractivity contribution in [3.8, 4) is 0 Å². The Morgan fingerprint density at radius 2 is 1.97 bits per heavy atom. The zero-order chi connectivity index (χ0) is 20.7. The maximum atomic E-state index is 13.4. The van der Waals surface area contributed by atoms with Gasteiger partial charge in [0.15, 0.2) is 5.43 Å². The van der Waals surface area contributed by atoms with Crippen LogP contribution in [0.2, 0.25) is 5.02 Å². The van der Waals surface area contributed by atoms with Crippen LogP contribution in [0.1, 0.15) is 34.1 Å². The van der Waals surface area contributed by atoms with E-state index in [0.717, 1.165) is 23.0 Å². The van der Waals surface area contributed by atoms with Gasteiger partial charge in [-0.3, -0.25) is 9.59 Å². The minimum Gasteiger partial charge on any atom is -0.450 e. The van der Waals surface area contributed by atoms with Crippen molar-refractivity contribution in [2.24, 2.45) is 0 Å². The molecule has 1 aliphatic rings. The van der Waals surface area contributed by atoms with Crippen LogP contribution in [0.15, 0.2) is 56.1 Å². The van der Waals surface area contributed by atoms with Gasteiger partial charge in [0.25, 0.3) is 5.91 Å². The summed E-state index contributed by atoms with van der Waals surface area (Å²) in [6.07, 6.45) is 0.825. The van der Waals surface area contributed by atoms with Crippen LogP contribution >= 0.6 is 27.5 Å². The Kier molecular flexibility index (Phi) is 5.51. The highest BCUT2D eigenvalue weighted by Crippen LogP contribution is 2.39. The summed E-state index contributed by atoms with van der Waals surface area (Å²) in [5.41, 5.74) is 1.43. The lowest BCUT2D eigenvalue weighted by atomic mass is 9.98. The molecular weight excluding hydrogens is 456 g/mol. The number of amides is 1. The number of hydrogen-bond acceptors (Lipinski definition) is 3. The summed E-state index contributed by atoms with van der Waals surface area (Å²) in [6, 6.07) is 12.1. The summed E-state index contributed by atoms with van der Waals surface area (Å²) < 4.78 is 6.82.